The Labute approximate surface area is 106 Å². The van der Waals surface area contributed by atoms with Crippen molar-refractivity contribution in [2.45, 2.75) is 0 Å². The van der Waals surface area contributed by atoms with Crippen LogP contribution < -0.4 is 5.32 Å². The van der Waals surface area contributed by atoms with Gasteiger partial charge in [-0.05, 0) is 30.3 Å². The van der Waals surface area contributed by atoms with Crippen LogP contribution in [0.4, 0.5) is 15.9 Å². The van der Waals surface area contributed by atoms with Gasteiger partial charge in [0.15, 0.2) is 0 Å². The molecule has 0 amide bonds. The Bertz CT molecular complexity index is 519. The molecule has 0 aliphatic rings. The number of pyridine rings is 1. The van der Waals surface area contributed by atoms with Crippen LogP contribution in [0.15, 0.2) is 40.9 Å². The average Bonchev–Trinajstić information content (AvgIpc) is 2.24. The lowest BCUT2D eigenvalue weighted by molar-refractivity contribution is 0.585. The molecule has 0 fully saturated rings. The smallest absolute Gasteiger partial charge is 0.214 e. The fourth-order valence-corrected chi connectivity index (χ4v) is 1.74. The third-order valence-corrected chi connectivity index (χ3v) is 2.73. The van der Waals surface area contributed by atoms with Crippen molar-refractivity contribution in [3.63, 3.8) is 0 Å². The van der Waals surface area contributed by atoms with Gasteiger partial charge in [-0.3, -0.25) is 0 Å². The van der Waals surface area contributed by atoms with E-state index in [1.165, 1.54) is 6.07 Å². The molecule has 0 unspecified atom stereocenters. The molecule has 0 aliphatic heterocycles. The number of nitrogens with one attached hydrogen (secondary N) is 1. The van der Waals surface area contributed by atoms with E-state index in [1.54, 1.807) is 24.3 Å². The van der Waals surface area contributed by atoms with Crippen LogP contribution in [0.3, 0.4) is 0 Å². The summed E-state index contributed by atoms with van der Waals surface area (Å²) in [5.74, 6) is -0.115. The first-order valence-electron chi connectivity index (χ1n) is 4.50. The van der Waals surface area contributed by atoms with Gasteiger partial charge in [-0.1, -0.05) is 33.6 Å². The minimum atomic E-state index is -0.531. The van der Waals surface area contributed by atoms with Crippen molar-refractivity contribution < 1.29 is 4.39 Å². The number of rotatable bonds is 2. The van der Waals surface area contributed by atoms with Crippen LogP contribution in [0.1, 0.15) is 0 Å². The van der Waals surface area contributed by atoms with Gasteiger partial charge in [-0.15, -0.1) is 0 Å². The van der Waals surface area contributed by atoms with E-state index in [-0.39, 0.29) is 0 Å². The molecule has 16 heavy (non-hydrogen) atoms. The van der Waals surface area contributed by atoms with E-state index in [0.29, 0.717) is 16.5 Å². The Morgan fingerprint density at radius 2 is 2.06 bits per heavy atom. The normalized spacial score (nSPS) is 10.2. The van der Waals surface area contributed by atoms with E-state index in [4.69, 9.17) is 11.6 Å². The van der Waals surface area contributed by atoms with Crippen molar-refractivity contribution in [3.8, 4) is 0 Å². The Balaban J connectivity index is 2.30. The predicted molar refractivity (Wildman–Crippen MR) is 66.6 cm³/mol. The highest BCUT2D eigenvalue weighted by atomic mass is 79.9. The summed E-state index contributed by atoms with van der Waals surface area (Å²) >= 11 is 9.31. The van der Waals surface area contributed by atoms with Gasteiger partial charge in [0.1, 0.15) is 5.82 Å². The molecule has 0 radical (unpaired) electrons. The molecule has 0 saturated heterocycles. The van der Waals surface area contributed by atoms with Crippen LogP contribution >= 0.6 is 27.5 Å². The van der Waals surface area contributed by atoms with Gasteiger partial charge in [0, 0.05) is 4.47 Å². The van der Waals surface area contributed by atoms with Crippen molar-refractivity contribution in [3.05, 3.63) is 51.8 Å². The quantitative estimate of drug-likeness (QED) is 0.833. The van der Waals surface area contributed by atoms with Crippen molar-refractivity contribution in [1.82, 2.24) is 4.98 Å². The van der Waals surface area contributed by atoms with E-state index in [2.05, 4.69) is 26.2 Å². The van der Waals surface area contributed by atoms with Gasteiger partial charge >= 0.3 is 0 Å². The highest BCUT2D eigenvalue weighted by molar-refractivity contribution is 9.10. The Morgan fingerprint density at radius 1 is 1.25 bits per heavy atom. The SMILES string of the molecule is Fc1cccc(Nc2cc(Br)ccc2Cl)n1. The zero-order valence-electron chi connectivity index (χ0n) is 8.05. The number of halogens is 3. The van der Waals surface area contributed by atoms with Crippen LogP contribution in [0.25, 0.3) is 0 Å². The summed E-state index contributed by atoms with van der Waals surface area (Å²) in [6, 6.07) is 9.90. The molecular formula is C11H7BrClFN2. The van der Waals surface area contributed by atoms with Gasteiger partial charge < -0.3 is 5.32 Å². The van der Waals surface area contributed by atoms with E-state index in [1.807, 2.05) is 6.07 Å². The summed E-state index contributed by atoms with van der Waals surface area (Å²) in [5, 5.41) is 3.49. The number of anilines is 2. The van der Waals surface area contributed by atoms with Gasteiger partial charge in [-0.25, -0.2) is 4.98 Å². The zero-order valence-corrected chi connectivity index (χ0v) is 10.4. The molecule has 0 aliphatic carbocycles. The first-order valence-corrected chi connectivity index (χ1v) is 5.67. The number of hydrogen-bond donors (Lipinski definition) is 1. The molecule has 1 aromatic carbocycles. The van der Waals surface area contributed by atoms with Crippen LogP contribution in [0, 0.1) is 5.95 Å². The second-order valence-electron chi connectivity index (χ2n) is 3.09. The number of aromatic nitrogens is 1. The third kappa shape index (κ3) is 2.71. The minimum absolute atomic E-state index is 0.417. The van der Waals surface area contributed by atoms with E-state index < -0.39 is 5.95 Å². The molecule has 0 bridgehead atoms. The fourth-order valence-electron chi connectivity index (χ4n) is 1.21. The predicted octanol–water partition coefficient (Wildman–Crippen LogP) is 4.38. The molecule has 1 aromatic heterocycles. The van der Waals surface area contributed by atoms with Gasteiger partial charge in [0.25, 0.3) is 0 Å². The molecule has 82 valence electrons. The van der Waals surface area contributed by atoms with Gasteiger partial charge in [0.2, 0.25) is 5.95 Å². The number of hydrogen-bond acceptors (Lipinski definition) is 2. The van der Waals surface area contributed by atoms with Gasteiger partial charge in [0.05, 0.1) is 10.7 Å². The second kappa shape index (κ2) is 4.80. The lowest BCUT2D eigenvalue weighted by atomic mass is 10.3. The standard InChI is InChI=1S/C11H7BrClFN2/c12-7-4-5-8(13)9(6-7)15-11-3-1-2-10(14)16-11/h1-6H,(H,15,16). The lowest BCUT2D eigenvalue weighted by Crippen LogP contribution is -1.95. The molecule has 1 heterocycles. The first-order chi connectivity index (χ1) is 7.65. The number of benzene rings is 1. The largest absolute Gasteiger partial charge is 0.339 e. The molecule has 0 atom stereocenters. The molecule has 0 saturated carbocycles. The topological polar surface area (TPSA) is 24.9 Å². The van der Waals surface area contributed by atoms with Crippen LogP contribution in [-0.4, -0.2) is 4.98 Å². The van der Waals surface area contributed by atoms with Crippen molar-refractivity contribution >= 4 is 39.0 Å². The molecule has 5 heteroatoms. The number of nitrogens with zero attached hydrogens (tertiary/aromatic N) is 1. The summed E-state index contributed by atoms with van der Waals surface area (Å²) in [7, 11) is 0. The molecule has 2 rings (SSSR count). The van der Waals surface area contributed by atoms with E-state index in [9.17, 15) is 4.39 Å². The van der Waals surface area contributed by atoms with Crippen LogP contribution in [0.2, 0.25) is 5.02 Å². The average molecular weight is 302 g/mol. The van der Waals surface area contributed by atoms with Gasteiger partial charge in [-0.2, -0.15) is 4.39 Å². The lowest BCUT2D eigenvalue weighted by Gasteiger charge is -2.07. The molecule has 1 N–H and O–H groups in total. The molecule has 2 nitrogen and oxygen atoms in total. The Hall–Kier alpha value is -1.13. The Kier molecular flexibility index (Phi) is 3.41. The zero-order chi connectivity index (χ0) is 11.5. The third-order valence-electron chi connectivity index (χ3n) is 1.91. The summed E-state index contributed by atoms with van der Waals surface area (Å²) in [4.78, 5) is 3.69. The summed E-state index contributed by atoms with van der Waals surface area (Å²) in [6.07, 6.45) is 0. The Morgan fingerprint density at radius 3 is 2.81 bits per heavy atom. The van der Waals surface area contributed by atoms with Crippen LogP contribution in [0.5, 0.6) is 0 Å². The van der Waals surface area contributed by atoms with Crippen LogP contribution in [-0.2, 0) is 0 Å². The minimum Gasteiger partial charge on any atom is -0.339 e. The molecular weight excluding hydrogens is 294 g/mol. The maximum absolute atomic E-state index is 12.9. The highest BCUT2D eigenvalue weighted by Gasteiger charge is 2.03. The van der Waals surface area contributed by atoms with Crippen molar-refractivity contribution in [2.75, 3.05) is 5.32 Å². The van der Waals surface area contributed by atoms with E-state index in [0.717, 1.165) is 4.47 Å². The molecule has 0 spiro atoms. The summed E-state index contributed by atoms with van der Waals surface area (Å²) < 4.78 is 13.7. The van der Waals surface area contributed by atoms with E-state index >= 15 is 0 Å². The molecule has 2 aromatic rings. The maximum atomic E-state index is 12.9. The summed E-state index contributed by atoms with van der Waals surface area (Å²) in [5.41, 5.74) is 0.675. The second-order valence-corrected chi connectivity index (χ2v) is 4.42. The van der Waals surface area contributed by atoms with Crippen molar-refractivity contribution in [2.24, 2.45) is 0 Å². The monoisotopic (exact) mass is 300 g/mol. The maximum Gasteiger partial charge on any atom is 0.214 e. The summed E-state index contributed by atoms with van der Waals surface area (Å²) in [6.45, 7) is 0. The first kappa shape index (κ1) is 11.4. The fraction of sp³-hybridized carbons (Fsp3) is 0. The highest BCUT2D eigenvalue weighted by Crippen LogP contribution is 2.27. The van der Waals surface area contributed by atoms with Crippen molar-refractivity contribution in [1.29, 1.82) is 0 Å².